The number of amides is 2. The maximum Gasteiger partial charge on any atom is 0.276 e. The molecular formula is C22H24N4O2. The van der Waals surface area contributed by atoms with E-state index in [1.807, 2.05) is 64.1 Å². The summed E-state index contributed by atoms with van der Waals surface area (Å²) in [6.07, 6.45) is 1.63. The standard InChI is InChI=1S/C22H24N4O2/c1-14-7-5-8-15(2)20(14)23-19(27)13-26-12-11-18(25-26)22(28)24-21-16(3)9-6-10-17(21)4/h5-12H,13H2,1-4H3,(H,23,27)(H,24,28). The van der Waals surface area contributed by atoms with Gasteiger partial charge in [-0.3, -0.25) is 14.3 Å². The van der Waals surface area contributed by atoms with Crippen molar-refractivity contribution in [1.82, 2.24) is 9.78 Å². The van der Waals surface area contributed by atoms with Crippen molar-refractivity contribution in [3.63, 3.8) is 0 Å². The molecule has 3 aromatic rings. The summed E-state index contributed by atoms with van der Waals surface area (Å²) in [6.45, 7) is 7.82. The number of hydrogen-bond acceptors (Lipinski definition) is 3. The van der Waals surface area contributed by atoms with Gasteiger partial charge in [0.25, 0.3) is 5.91 Å². The molecule has 0 bridgehead atoms. The zero-order valence-corrected chi connectivity index (χ0v) is 16.5. The third kappa shape index (κ3) is 4.28. The number of anilines is 2. The molecule has 2 amide bonds. The van der Waals surface area contributed by atoms with Gasteiger partial charge in [-0.2, -0.15) is 5.10 Å². The lowest BCUT2D eigenvalue weighted by molar-refractivity contribution is -0.116. The van der Waals surface area contributed by atoms with Gasteiger partial charge in [0.1, 0.15) is 6.54 Å². The molecule has 2 N–H and O–H groups in total. The Morgan fingerprint density at radius 3 is 1.86 bits per heavy atom. The van der Waals surface area contributed by atoms with Crippen LogP contribution in [-0.2, 0) is 11.3 Å². The Morgan fingerprint density at radius 1 is 0.821 bits per heavy atom. The van der Waals surface area contributed by atoms with Gasteiger partial charge in [-0.25, -0.2) is 0 Å². The molecule has 0 aliphatic carbocycles. The normalized spacial score (nSPS) is 10.6. The molecule has 3 rings (SSSR count). The van der Waals surface area contributed by atoms with Crippen LogP contribution < -0.4 is 10.6 Å². The summed E-state index contributed by atoms with van der Waals surface area (Å²) < 4.78 is 1.46. The fraction of sp³-hybridized carbons (Fsp3) is 0.227. The maximum absolute atomic E-state index is 12.5. The van der Waals surface area contributed by atoms with Crippen LogP contribution >= 0.6 is 0 Å². The molecule has 0 aliphatic heterocycles. The molecular weight excluding hydrogens is 352 g/mol. The van der Waals surface area contributed by atoms with Crippen molar-refractivity contribution < 1.29 is 9.59 Å². The van der Waals surface area contributed by atoms with Crippen molar-refractivity contribution in [2.75, 3.05) is 10.6 Å². The van der Waals surface area contributed by atoms with Crippen LogP contribution in [0.3, 0.4) is 0 Å². The molecule has 0 saturated heterocycles. The first kappa shape index (κ1) is 19.4. The Kier molecular flexibility index (Phi) is 5.59. The molecule has 6 nitrogen and oxygen atoms in total. The second kappa shape index (κ2) is 8.08. The number of para-hydroxylation sites is 2. The molecule has 0 aliphatic rings. The fourth-order valence-corrected chi connectivity index (χ4v) is 3.10. The number of carbonyl (C=O) groups excluding carboxylic acids is 2. The lowest BCUT2D eigenvalue weighted by Gasteiger charge is -2.11. The Bertz CT molecular complexity index is 996. The van der Waals surface area contributed by atoms with Crippen LogP contribution in [-0.4, -0.2) is 21.6 Å². The molecule has 28 heavy (non-hydrogen) atoms. The predicted octanol–water partition coefficient (Wildman–Crippen LogP) is 4.01. The van der Waals surface area contributed by atoms with E-state index in [0.717, 1.165) is 33.6 Å². The number of nitrogens with one attached hydrogen (secondary N) is 2. The van der Waals surface area contributed by atoms with E-state index in [1.54, 1.807) is 12.3 Å². The van der Waals surface area contributed by atoms with Crippen LogP contribution in [0.2, 0.25) is 0 Å². The van der Waals surface area contributed by atoms with E-state index in [-0.39, 0.29) is 24.1 Å². The van der Waals surface area contributed by atoms with Gasteiger partial charge in [0.2, 0.25) is 5.91 Å². The van der Waals surface area contributed by atoms with Gasteiger partial charge in [0.05, 0.1) is 0 Å². The van der Waals surface area contributed by atoms with Crippen molar-refractivity contribution in [3.05, 3.63) is 76.6 Å². The minimum Gasteiger partial charge on any atom is -0.324 e. The molecule has 0 fully saturated rings. The quantitative estimate of drug-likeness (QED) is 0.706. The number of carbonyl (C=O) groups is 2. The minimum absolute atomic E-state index is 0.0322. The Balaban J connectivity index is 1.67. The van der Waals surface area contributed by atoms with E-state index in [4.69, 9.17) is 0 Å². The first-order valence-corrected chi connectivity index (χ1v) is 9.12. The lowest BCUT2D eigenvalue weighted by atomic mass is 10.1. The second-order valence-electron chi connectivity index (χ2n) is 6.93. The summed E-state index contributed by atoms with van der Waals surface area (Å²) in [4.78, 5) is 24.9. The second-order valence-corrected chi connectivity index (χ2v) is 6.93. The highest BCUT2D eigenvalue weighted by molar-refractivity contribution is 6.03. The summed E-state index contributed by atoms with van der Waals surface area (Å²) in [5, 5.41) is 10.1. The molecule has 1 heterocycles. The largest absolute Gasteiger partial charge is 0.324 e. The zero-order valence-electron chi connectivity index (χ0n) is 16.5. The van der Waals surface area contributed by atoms with Crippen LogP contribution in [0.1, 0.15) is 32.7 Å². The third-order valence-electron chi connectivity index (χ3n) is 4.64. The van der Waals surface area contributed by atoms with Gasteiger partial charge in [0, 0.05) is 17.6 Å². The van der Waals surface area contributed by atoms with Crippen LogP contribution in [0, 0.1) is 27.7 Å². The summed E-state index contributed by atoms with van der Waals surface area (Å²) in [5.74, 6) is -0.492. The highest BCUT2D eigenvalue weighted by atomic mass is 16.2. The first-order chi connectivity index (χ1) is 13.3. The summed E-state index contributed by atoms with van der Waals surface area (Å²) in [6, 6.07) is 13.3. The average Bonchev–Trinajstić information content (AvgIpc) is 3.10. The van der Waals surface area contributed by atoms with Gasteiger partial charge in [0.15, 0.2) is 5.69 Å². The number of nitrogens with zero attached hydrogens (tertiary/aromatic N) is 2. The first-order valence-electron chi connectivity index (χ1n) is 9.12. The Labute approximate surface area is 164 Å². The topological polar surface area (TPSA) is 76.0 Å². The smallest absolute Gasteiger partial charge is 0.276 e. The Hall–Kier alpha value is -3.41. The summed E-state index contributed by atoms with van der Waals surface area (Å²) in [7, 11) is 0. The zero-order chi connectivity index (χ0) is 20.3. The maximum atomic E-state index is 12.5. The van der Waals surface area contributed by atoms with Gasteiger partial charge in [-0.15, -0.1) is 0 Å². The van der Waals surface area contributed by atoms with Crippen molar-refractivity contribution in [3.8, 4) is 0 Å². The fourth-order valence-electron chi connectivity index (χ4n) is 3.10. The van der Waals surface area contributed by atoms with Crippen molar-refractivity contribution in [1.29, 1.82) is 0 Å². The van der Waals surface area contributed by atoms with Gasteiger partial charge in [-0.1, -0.05) is 36.4 Å². The molecule has 0 unspecified atom stereocenters. The number of hydrogen-bond donors (Lipinski definition) is 2. The number of aryl methyl sites for hydroxylation is 4. The van der Waals surface area contributed by atoms with Crippen LogP contribution in [0.25, 0.3) is 0 Å². The van der Waals surface area contributed by atoms with Crippen molar-refractivity contribution in [2.24, 2.45) is 0 Å². The van der Waals surface area contributed by atoms with Crippen LogP contribution in [0.15, 0.2) is 48.7 Å². The molecule has 2 aromatic carbocycles. The van der Waals surface area contributed by atoms with E-state index in [9.17, 15) is 9.59 Å². The highest BCUT2D eigenvalue weighted by Crippen LogP contribution is 2.21. The monoisotopic (exact) mass is 376 g/mol. The van der Waals surface area contributed by atoms with Crippen LogP contribution in [0.5, 0.6) is 0 Å². The van der Waals surface area contributed by atoms with E-state index < -0.39 is 0 Å². The molecule has 144 valence electrons. The van der Waals surface area contributed by atoms with E-state index in [2.05, 4.69) is 15.7 Å². The summed E-state index contributed by atoms with van der Waals surface area (Å²) >= 11 is 0. The average molecular weight is 376 g/mol. The molecule has 1 aromatic heterocycles. The van der Waals surface area contributed by atoms with E-state index in [1.165, 1.54) is 4.68 Å². The molecule has 0 saturated carbocycles. The van der Waals surface area contributed by atoms with Crippen LogP contribution in [0.4, 0.5) is 11.4 Å². The highest BCUT2D eigenvalue weighted by Gasteiger charge is 2.14. The lowest BCUT2D eigenvalue weighted by Crippen LogP contribution is -2.21. The molecule has 0 spiro atoms. The van der Waals surface area contributed by atoms with Crippen molar-refractivity contribution in [2.45, 2.75) is 34.2 Å². The third-order valence-corrected chi connectivity index (χ3v) is 4.64. The minimum atomic E-state index is -0.300. The number of benzene rings is 2. The van der Waals surface area contributed by atoms with Gasteiger partial charge < -0.3 is 10.6 Å². The number of aromatic nitrogens is 2. The number of rotatable bonds is 5. The Morgan fingerprint density at radius 2 is 1.32 bits per heavy atom. The summed E-state index contributed by atoms with van der Waals surface area (Å²) in [5.41, 5.74) is 5.84. The van der Waals surface area contributed by atoms with Gasteiger partial charge >= 0.3 is 0 Å². The van der Waals surface area contributed by atoms with E-state index >= 15 is 0 Å². The molecule has 0 atom stereocenters. The van der Waals surface area contributed by atoms with Crippen molar-refractivity contribution >= 4 is 23.2 Å². The SMILES string of the molecule is Cc1cccc(C)c1NC(=O)Cn1ccc(C(=O)Nc2c(C)cccc2C)n1. The van der Waals surface area contributed by atoms with E-state index in [0.29, 0.717) is 0 Å². The predicted molar refractivity (Wildman–Crippen MR) is 111 cm³/mol. The molecule has 6 heteroatoms. The molecule has 0 radical (unpaired) electrons. The van der Waals surface area contributed by atoms with Gasteiger partial charge in [-0.05, 0) is 56.0 Å².